The minimum atomic E-state index is -3.55. The van der Waals surface area contributed by atoms with E-state index in [2.05, 4.69) is 4.72 Å². The number of hydrogen-bond donors (Lipinski definition) is 1. The topological polar surface area (TPSA) is 63.2 Å². The molecule has 0 saturated carbocycles. The largest absolute Gasteiger partial charge is 0.295 e. The first-order chi connectivity index (χ1) is 11.0. The summed E-state index contributed by atoms with van der Waals surface area (Å²) in [5.41, 5.74) is 2.01. The number of Topliss-reactive ketones (excluding diaryl/α,β-unsaturated/α-hetero) is 1. The van der Waals surface area contributed by atoms with Gasteiger partial charge in [-0.2, -0.15) is 0 Å². The Balaban J connectivity index is 2.39. The summed E-state index contributed by atoms with van der Waals surface area (Å²) in [6, 6.07) is 13.9. The third kappa shape index (κ3) is 4.27. The van der Waals surface area contributed by atoms with Crippen molar-refractivity contribution in [3.8, 4) is 11.1 Å². The Morgan fingerprint density at radius 1 is 1.04 bits per heavy atom. The number of carbonyl (C=O) groups is 1. The molecular weight excluding hydrogens is 310 g/mol. The van der Waals surface area contributed by atoms with Crippen molar-refractivity contribution in [1.29, 1.82) is 0 Å². The van der Waals surface area contributed by atoms with E-state index in [9.17, 15) is 13.2 Å². The fourth-order valence-corrected chi connectivity index (χ4v) is 3.59. The fraction of sp³-hybridized carbons (Fsp3) is 0.278. The SMILES string of the molecule is CCCCNS(=O)(=O)c1ccccc1-c1ccc(C(C)=O)cc1. The fourth-order valence-electron chi connectivity index (χ4n) is 2.29. The van der Waals surface area contributed by atoms with Gasteiger partial charge in [0, 0.05) is 17.7 Å². The number of rotatable bonds is 7. The molecule has 0 fully saturated rings. The molecule has 0 atom stereocenters. The molecule has 2 rings (SSSR count). The third-order valence-corrected chi connectivity index (χ3v) is 5.12. The molecule has 23 heavy (non-hydrogen) atoms. The summed E-state index contributed by atoms with van der Waals surface area (Å²) in [5, 5.41) is 0. The molecule has 0 saturated heterocycles. The molecule has 0 amide bonds. The van der Waals surface area contributed by atoms with Gasteiger partial charge in [0.05, 0.1) is 4.90 Å². The van der Waals surface area contributed by atoms with E-state index in [4.69, 9.17) is 0 Å². The maximum atomic E-state index is 12.5. The standard InChI is InChI=1S/C18H21NO3S/c1-3-4-13-19-23(21,22)18-8-6-5-7-17(18)16-11-9-15(10-12-16)14(2)20/h5-12,19H,3-4,13H2,1-2H3. The highest BCUT2D eigenvalue weighted by Gasteiger charge is 2.18. The van der Waals surface area contributed by atoms with E-state index in [1.165, 1.54) is 6.92 Å². The molecule has 5 heteroatoms. The summed E-state index contributed by atoms with van der Waals surface area (Å²) in [7, 11) is -3.55. The Bertz CT molecular complexity index is 780. The second-order valence-corrected chi connectivity index (χ2v) is 7.12. The number of nitrogens with one attached hydrogen (secondary N) is 1. The van der Waals surface area contributed by atoms with Crippen LogP contribution in [0, 0.1) is 0 Å². The van der Waals surface area contributed by atoms with Crippen molar-refractivity contribution in [3.05, 3.63) is 54.1 Å². The lowest BCUT2D eigenvalue weighted by molar-refractivity contribution is 0.101. The highest BCUT2D eigenvalue weighted by molar-refractivity contribution is 7.89. The average Bonchev–Trinajstić information content (AvgIpc) is 2.55. The van der Waals surface area contributed by atoms with Crippen molar-refractivity contribution in [2.24, 2.45) is 0 Å². The minimum Gasteiger partial charge on any atom is -0.295 e. The van der Waals surface area contributed by atoms with E-state index in [-0.39, 0.29) is 10.7 Å². The normalized spacial score (nSPS) is 11.4. The molecule has 0 aromatic heterocycles. The predicted molar refractivity (Wildman–Crippen MR) is 92.0 cm³/mol. The molecule has 0 bridgehead atoms. The van der Waals surface area contributed by atoms with Gasteiger partial charge >= 0.3 is 0 Å². The van der Waals surface area contributed by atoms with Crippen LogP contribution in [-0.2, 0) is 10.0 Å². The Morgan fingerprint density at radius 2 is 1.70 bits per heavy atom. The molecule has 0 aliphatic heterocycles. The molecule has 2 aromatic rings. The van der Waals surface area contributed by atoms with Crippen LogP contribution >= 0.6 is 0 Å². The van der Waals surface area contributed by atoms with Crippen molar-refractivity contribution in [2.45, 2.75) is 31.6 Å². The molecule has 0 aliphatic rings. The number of ketones is 1. The molecule has 0 spiro atoms. The number of unbranched alkanes of at least 4 members (excludes halogenated alkanes) is 1. The van der Waals surface area contributed by atoms with Crippen LogP contribution in [0.1, 0.15) is 37.0 Å². The zero-order valence-electron chi connectivity index (χ0n) is 13.4. The van der Waals surface area contributed by atoms with Crippen LogP contribution in [0.5, 0.6) is 0 Å². The average molecular weight is 331 g/mol. The molecule has 0 radical (unpaired) electrons. The van der Waals surface area contributed by atoms with E-state index in [1.807, 2.05) is 6.92 Å². The summed E-state index contributed by atoms with van der Waals surface area (Å²) in [6.07, 6.45) is 1.73. The second kappa shape index (κ2) is 7.53. The Hall–Kier alpha value is -1.98. The highest BCUT2D eigenvalue weighted by Crippen LogP contribution is 2.27. The summed E-state index contributed by atoms with van der Waals surface area (Å²) in [4.78, 5) is 11.6. The first kappa shape index (κ1) is 17.4. The van der Waals surface area contributed by atoms with Crippen LogP contribution in [0.4, 0.5) is 0 Å². The van der Waals surface area contributed by atoms with Crippen LogP contribution < -0.4 is 4.72 Å². The van der Waals surface area contributed by atoms with E-state index >= 15 is 0 Å². The van der Waals surface area contributed by atoms with Gasteiger partial charge in [-0.1, -0.05) is 55.8 Å². The van der Waals surface area contributed by atoms with E-state index in [0.29, 0.717) is 17.7 Å². The lowest BCUT2D eigenvalue weighted by Crippen LogP contribution is -2.25. The first-order valence-corrected chi connectivity index (χ1v) is 9.14. The van der Waals surface area contributed by atoms with Gasteiger partial charge in [-0.25, -0.2) is 13.1 Å². The Kier molecular flexibility index (Phi) is 5.69. The van der Waals surface area contributed by atoms with Crippen molar-refractivity contribution in [2.75, 3.05) is 6.54 Å². The number of carbonyl (C=O) groups excluding carboxylic acids is 1. The molecule has 0 unspecified atom stereocenters. The number of hydrogen-bond acceptors (Lipinski definition) is 3. The van der Waals surface area contributed by atoms with Crippen LogP contribution in [0.15, 0.2) is 53.4 Å². The zero-order chi connectivity index (χ0) is 16.9. The van der Waals surface area contributed by atoms with Crippen molar-refractivity contribution < 1.29 is 13.2 Å². The van der Waals surface area contributed by atoms with Crippen LogP contribution in [0.3, 0.4) is 0 Å². The maximum absolute atomic E-state index is 12.5. The summed E-state index contributed by atoms with van der Waals surface area (Å²) in [5.74, 6) is -0.0151. The van der Waals surface area contributed by atoms with Crippen molar-refractivity contribution in [3.63, 3.8) is 0 Å². The molecule has 1 N–H and O–H groups in total. The smallest absolute Gasteiger partial charge is 0.241 e. The van der Waals surface area contributed by atoms with E-state index in [1.54, 1.807) is 48.5 Å². The minimum absolute atomic E-state index is 0.0151. The quantitative estimate of drug-likeness (QED) is 0.622. The summed E-state index contributed by atoms with van der Waals surface area (Å²) in [6.45, 7) is 3.94. The van der Waals surface area contributed by atoms with Gasteiger partial charge in [0.15, 0.2) is 5.78 Å². The van der Waals surface area contributed by atoms with Crippen molar-refractivity contribution in [1.82, 2.24) is 4.72 Å². The maximum Gasteiger partial charge on any atom is 0.241 e. The van der Waals surface area contributed by atoms with Gasteiger partial charge in [-0.3, -0.25) is 4.79 Å². The van der Waals surface area contributed by atoms with Gasteiger partial charge in [0.1, 0.15) is 0 Å². The summed E-state index contributed by atoms with van der Waals surface area (Å²) < 4.78 is 27.7. The Labute approximate surface area is 137 Å². The monoisotopic (exact) mass is 331 g/mol. The van der Waals surface area contributed by atoms with Gasteiger partial charge in [0.25, 0.3) is 0 Å². The molecular formula is C18H21NO3S. The van der Waals surface area contributed by atoms with E-state index in [0.717, 1.165) is 18.4 Å². The molecule has 4 nitrogen and oxygen atoms in total. The lowest BCUT2D eigenvalue weighted by atomic mass is 10.0. The molecule has 0 aliphatic carbocycles. The van der Waals surface area contributed by atoms with Gasteiger partial charge in [0.2, 0.25) is 10.0 Å². The van der Waals surface area contributed by atoms with Gasteiger partial charge in [-0.15, -0.1) is 0 Å². The summed E-state index contributed by atoms with van der Waals surface area (Å²) >= 11 is 0. The number of benzene rings is 2. The molecule has 122 valence electrons. The lowest BCUT2D eigenvalue weighted by Gasteiger charge is -2.12. The first-order valence-electron chi connectivity index (χ1n) is 7.66. The van der Waals surface area contributed by atoms with Crippen LogP contribution in [0.25, 0.3) is 11.1 Å². The van der Waals surface area contributed by atoms with E-state index < -0.39 is 10.0 Å². The van der Waals surface area contributed by atoms with Crippen LogP contribution in [0.2, 0.25) is 0 Å². The predicted octanol–water partition coefficient (Wildman–Crippen LogP) is 3.63. The van der Waals surface area contributed by atoms with Gasteiger partial charge < -0.3 is 0 Å². The van der Waals surface area contributed by atoms with Gasteiger partial charge in [-0.05, 0) is 25.0 Å². The van der Waals surface area contributed by atoms with Crippen LogP contribution in [-0.4, -0.2) is 20.7 Å². The van der Waals surface area contributed by atoms with Crippen molar-refractivity contribution >= 4 is 15.8 Å². The molecule has 2 aromatic carbocycles. The zero-order valence-corrected chi connectivity index (χ0v) is 14.2. The number of sulfonamides is 1. The highest BCUT2D eigenvalue weighted by atomic mass is 32.2. The second-order valence-electron chi connectivity index (χ2n) is 5.38. The Morgan fingerprint density at radius 3 is 2.30 bits per heavy atom. The third-order valence-electron chi connectivity index (χ3n) is 3.60. The molecule has 0 heterocycles.